The van der Waals surface area contributed by atoms with Crippen LogP contribution in [0, 0.1) is 11.3 Å². The molecular weight excluding hydrogens is 310 g/mol. The molecule has 0 radical (unpaired) electrons. The van der Waals surface area contributed by atoms with Gasteiger partial charge in [0.05, 0.1) is 5.39 Å². The SMILES string of the molecule is CCCSc1nc(N)c2c3c(sc2n1)C[C@@H](C(C)(C)C)CC3. The fourth-order valence-corrected chi connectivity index (χ4v) is 5.25. The summed E-state index contributed by atoms with van der Waals surface area (Å²) in [5.74, 6) is 2.47. The topological polar surface area (TPSA) is 51.8 Å². The van der Waals surface area contributed by atoms with Crippen molar-refractivity contribution in [1.29, 1.82) is 0 Å². The Morgan fingerprint density at radius 3 is 2.77 bits per heavy atom. The third kappa shape index (κ3) is 2.98. The number of nitrogens with two attached hydrogens (primary N) is 1. The van der Waals surface area contributed by atoms with E-state index in [1.165, 1.54) is 16.9 Å². The van der Waals surface area contributed by atoms with E-state index in [9.17, 15) is 0 Å². The van der Waals surface area contributed by atoms with Crippen LogP contribution in [0.15, 0.2) is 5.16 Å². The van der Waals surface area contributed by atoms with Crippen molar-refractivity contribution in [2.75, 3.05) is 11.5 Å². The number of nitrogens with zero attached hydrogens (tertiary/aromatic N) is 2. The molecule has 0 amide bonds. The monoisotopic (exact) mass is 335 g/mol. The Morgan fingerprint density at radius 2 is 2.09 bits per heavy atom. The quantitative estimate of drug-likeness (QED) is 0.638. The molecule has 1 atom stereocenters. The summed E-state index contributed by atoms with van der Waals surface area (Å²) in [6, 6.07) is 0. The molecule has 1 aliphatic rings. The molecule has 0 aliphatic heterocycles. The minimum atomic E-state index is 0.368. The molecule has 0 fully saturated rings. The van der Waals surface area contributed by atoms with Gasteiger partial charge in [-0.2, -0.15) is 0 Å². The normalized spacial score (nSPS) is 18.6. The molecule has 120 valence electrons. The Bertz CT molecular complexity index is 685. The Morgan fingerprint density at radius 1 is 1.32 bits per heavy atom. The first-order valence-corrected chi connectivity index (χ1v) is 9.91. The summed E-state index contributed by atoms with van der Waals surface area (Å²) in [5, 5.41) is 1.96. The number of anilines is 1. The van der Waals surface area contributed by atoms with Crippen LogP contribution in [0.25, 0.3) is 10.2 Å². The molecule has 0 unspecified atom stereocenters. The number of thioether (sulfide) groups is 1. The Balaban J connectivity index is 1.99. The van der Waals surface area contributed by atoms with Crippen LogP contribution >= 0.6 is 23.1 Å². The van der Waals surface area contributed by atoms with Gasteiger partial charge in [-0.1, -0.05) is 39.5 Å². The number of aryl methyl sites for hydroxylation is 1. The molecular formula is C17H25N3S2. The first-order chi connectivity index (χ1) is 10.4. The first kappa shape index (κ1) is 16.1. The molecule has 1 aliphatic carbocycles. The summed E-state index contributed by atoms with van der Waals surface area (Å²) in [6.45, 7) is 9.22. The number of hydrogen-bond acceptors (Lipinski definition) is 5. The van der Waals surface area contributed by atoms with Gasteiger partial charge in [0.25, 0.3) is 0 Å². The van der Waals surface area contributed by atoms with Crippen LogP contribution in [0.4, 0.5) is 5.82 Å². The second-order valence-electron chi connectivity index (χ2n) is 7.23. The van der Waals surface area contributed by atoms with E-state index in [4.69, 9.17) is 10.7 Å². The van der Waals surface area contributed by atoms with Gasteiger partial charge < -0.3 is 5.73 Å². The van der Waals surface area contributed by atoms with Crippen molar-refractivity contribution < 1.29 is 0 Å². The predicted octanol–water partition coefficient (Wildman–Crippen LogP) is 4.93. The summed E-state index contributed by atoms with van der Waals surface area (Å²) in [4.78, 5) is 11.9. The summed E-state index contributed by atoms with van der Waals surface area (Å²) < 4.78 is 0. The largest absolute Gasteiger partial charge is 0.383 e. The number of thiophene rings is 1. The van der Waals surface area contributed by atoms with Gasteiger partial charge >= 0.3 is 0 Å². The molecule has 2 aromatic heterocycles. The Labute approximate surface area is 141 Å². The number of aromatic nitrogens is 2. The van der Waals surface area contributed by atoms with Crippen LogP contribution in [0.2, 0.25) is 0 Å². The van der Waals surface area contributed by atoms with Crippen molar-refractivity contribution >= 4 is 39.1 Å². The smallest absolute Gasteiger partial charge is 0.190 e. The van der Waals surface area contributed by atoms with Crippen LogP contribution in [-0.4, -0.2) is 15.7 Å². The summed E-state index contributed by atoms with van der Waals surface area (Å²) >= 11 is 3.54. The van der Waals surface area contributed by atoms with E-state index in [0.29, 0.717) is 11.2 Å². The lowest BCUT2D eigenvalue weighted by Gasteiger charge is -2.33. The second kappa shape index (κ2) is 6.00. The molecule has 0 aromatic carbocycles. The van der Waals surface area contributed by atoms with Gasteiger partial charge in [-0.25, -0.2) is 9.97 Å². The molecule has 0 saturated carbocycles. The maximum absolute atomic E-state index is 6.26. The van der Waals surface area contributed by atoms with E-state index in [1.807, 2.05) is 11.3 Å². The van der Waals surface area contributed by atoms with E-state index in [0.717, 1.165) is 46.3 Å². The summed E-state index contributed by atoms with van der Waals surface area (Å²) in [5.41, 5.74) is 8.05. The zero-order valence-corrected chi connectivity index (χ0v) is 15.5. The molecule has 2 N–H and O–H groups in total. The lowest BCUT2D eigenvalue weighted by molar-refractivity contribution is 0.218. The van der Waals surface area contributed by atoms with Crippen LogP contribution in [-0.2, 0) is 12.8 Å². The molecule has 0 bridgehead atoms. The van der Waals surface area contributed by atoms with Crippen LogP contribution in [0.1, 0.15) is 51.0 Å². The molecule has 22 heavy (non-hydrogen) atoms. The van der Waals surface area contributed by atoms with E-state index >= 15 is 0 Å². The minimum absolute atomic E-state index is 0.368. The first-order valence-electron chi connectivity index (χ1n) is 8.10. The lowest BCUT2D eigenvalue weighted by atomic mass is 9.72. The van der Waals surface area contributed by atoms with Crippen LogP contribution in [0.3, 0.4) is 0 Å². The minimum Gasteiger partial charge on any atom is -0.383 e. The molecule has 2 aromatic rings. The zero-order chi connectivity index (χ0) is 15.9. The standard InChI is InChI=1S/C17H25N3S2/c1-5-8-21-16-19-14(18)13-11-7-6-10(17(2,3)4)9-12(11)22-15(13)20-16/h10H,5-9H2,1-4H3,(H2,18,19,20)/t10-/m0/s1. The van der Waals surface area contributed by atoms with Gasteiger partial charge in [-0.05, 0) is 42.6 Å². The highest BCUT2D eigenvalue weighted by atomic mass is 32.2. The van der Waals surface area contributed by atoms with E-state index < -0.39 is 0 Å². The Kier molecular flexibility index (Phi) is 4.38. The fraction of sp³-hybridized carbons (Fsp3) is 0.647. The van der Waals surface area contributed by atoms with Gasteiger partial charge in [0.1, 0.15) is 10.6 Å². The van der Waals surface area contributed by atoms with Crippen LogP contribution < -0.4 is 5.73 Å². The highest BCUT2D eigenvalue weighted by molar-refractivity contribution is 7.99. The maximum Gasteiger partial charge on any atom is 0.190 e. The summed E-state index contributed by atoms with van der Waals surface area (Å²) in [6.07, 6.45) is 4.65. The highest BCUT2D eigenvalue weighted by Gasteiger charge is 2.31. The predicted molar refractivity (Wildman–Crippen MR) is 97.8 cm³/mol. The Hall–Kier alpha value is -0.810. The third-order valence-corrected chi connectivity index (χ3v) is 6.78. The second-order valence-corrected chi connectivity index (χ2v) is 9.38. The van der Waals surface area contributed by atoms with Crippen molar-refractivity contribution in [1.82, 2.24) is 9.97 Å². The van der Waals surface area contributed by atoms with Crippen molar-refractivity contribution in [2.24, 2.45) is 11.3 Å². The van der Waals surface area contributed by atoms with Crippen LogP contribution in [0.5, 0.6) is 0 Å². The van der Waals surface area contributed by atoms with E-state index in [-0.39, 0.29) is 0 Å². The number of nitrogen functional groups attached to an aromatic ring is 1. The molecule has 0 saturated heterocycles. The van der Waals surface area contributed by atoms with Crippen molar-refractivity contribution in [3.05, 3.63) is 10.4 Å². The summed E-state index contributed by atoms with van der Waals surface area (Å²) in [7, 11) is 0. The fourth-order valence-electron chi connectivity index (χ4n) is 3.18. The third-order valence-electron chi connectivity index (χ3n) is 4.58. The lowest BCUT2D eigenvalue weighted by Crippen LogP contribution is -2.26. The van der Waals surface area contributed by atoms with Crippen molar-refractivity contribution in [3.63, 3.8) is 0 Å². The van der Waals surface area contributed by atoms with E-state index in [1.54, 1.807) is 11.8 Å². The average molecular weight is 336 g/mol. The number of rotatable bonds is 3. The maximum atomic E-state index is 6.26. The van der Waals surface area contributed by atoms with Gasteiger partial charge in [0.15, 0.2) is 5.16 Å². The van der Waals surface area contributed by atoms with Gasteiger partial charge in [0, 0.05) is 10.6 Å². The zero-order valence-electron chi connectivity index (χ0n) is 13.9. The van der Waals surface area contributed by atoms with Gasteiger partial charge in [-0.15, -0.1) is 11.3 Å². The molecule has 0 spiro atoms. The number of hydrogen-bond donors (Lipinski definition) is 1. The molecule has 2 heterocycles. The molecule has 3 rings (SSSR count). The average Bonchev–Trinajstić information content (AvgIpc) is 2.81. The highest BCUT2D eigenvalue weighted by Crippen LogP contribution is 2.44. The number of fused-ring (bicyclic) bond motifs is 3. The molecule has 5 heteroatoms. The van der Waals surface area contributed by atoms with Crippen molar-refractivity contribution in [3.8, 4) is 0 Å². The van der Waals surface area contributed by atoms with Gasteiger partial charge in [0.2, 0.25) is 0 Å². The molecule has 3 nitrogen and oxygen atoms in total. The van der Waals surface area contributed by atoms with Gasteiger partial charge in [-0.3, -0.25) is 0 Å². The van der Waals surface area contributed by atoms with Crippen molar-refractivity contribution in [2.45, 2.75) is 58.5 Å². The van der Waals surface area contributed by atoms with E-state index in [2.05, 4.69) is 32.7 Å².